The lowest BCUT2D eigenvalue weighted by Gasteiger charge is -2.07. The van der Waals surface area contributed by atoms with Gasteiger partial charge < -0.3 is 14.5 Å². The quantitative estimate of drug-likeness (QED) is 0.818. The minimum absolute atomic E-state index is 0.0397. The maximum absolute atomic E-state index is 12.1. The molecule has 0 unspecified atom stereocenters. The van der Waals surface area contributed by atoms with Gasteiger partial charge in [0.05, 0.1) is 20.6 Å². The van der Waals surface area contributed by atoms with Gasteiger partial charge in [0.2, 0.25) is 0 Å². The number of benzene rings is 1. The second-order valence-corrected chi connectivity index (χ2v) is 3.74. The zero-order valence-electron chi connectivity index (χ0n) is 10.3. The SMILES string of the molecule is COc1cc(OC)cc(C(=O)Cc2ncc[nH]2)c1. The molecule has 0 radical (unpaired) electrons. The first kappa shape index (κ1) is 12.2. The normalized spacial score (nSPS) is 10.1. The molecule has 0 aliphatic carbocycles. The average Bonchev–Trinajstić information content (AvgIpc) is 2.90. The Balaban J connectivity index is 2.23. The highest BCUT2D eigenvalue weighted by Crippen LogP contribution is 2.23. The Hall–Kier alpha value is -2.30. The molecule has 2 rings (SSSR count). The zero-order chi connectivity index (χ0) is 13.0. The number of carbonyl (C=O) groups excluding carboxylic acids is 1. The van der Waals surface area contributed by atoms with Crippen LogP contribution in [0.1, 0.15) is 16.2 Å². The smallest absolute Gasteiger partial charge is 0.170 e. The highest BCUT2D eigenvalue weighted by Gasteiger charge is 2.11. The fraction of sp³-hybridized carbons (Fsp3) is 0.231. The van der Waals surface area contributed by atoms with E-state index in [4.69, 9.17) is 9.47 Å². The van der Waals surface area contributed by atoms with Crippen molar-refractivity contribution in [2.75, 3.05) is 14.2 Å². The molecule has 0 atom stereocenters. The van der Waals surface area contributed by atoms with Crippen LogP contribution in [0.2, 0.25) is 0 Å². The second kappa shape index (κ2) is 5.35. The number of carbonyl (C=O) groups is 1. The molecule has 94 valence electrons. The highest BCUT2D eigenvalue weighted by atomic mass is 16.5. The van der Waals surface area contributed by atoms with Gasteiger partial charge in [0.15, 0.2) is 5.78 Å². The maximum atomic E-state index is 12.1. The standard InChI is InChI=1S/C13H14N2O3/c1-17-10-5-9(6-11(7-10)18-2)12(16)8-13-14-3-4-15-13/h3-7H,8H2,1-2H3,(H,14,15). The van der Waals surface area contributed by atoms with Crippen LogP contribution >= 0.6 is 0 Å². The van der Waals surface area contributed by atoms with Crippen LogP contribution in [0.4, 0.5) is 0 Å². The summed E-state index contributed by atoms with van der Waals surface area (Å²) in [6, 6.07) is 5.10. The molecule has 1 aromatic carbocycles. The van der Waals surface area contributed by atoms with E-state index in [-0.39, 0.29) is 12.2 Å². The van der Waals surface area contributed by atoms with Crippen molar-refractivity contribution >= 4 is 5.78 Å². The molecule has 5 heteroatoms. The van der Waals surface area contributed by atoms with Gasteiger partial charge in [-0.1, -0.05) is 0 Å². The molecular weight excluding hydrogens is 232 g/mol. The molecule has 0 bridgehead atoms. The van der Waals surface area contributed by atoms with Crippen molar-refractivity contribution in [1.29, 1.82) is 0 Å². The molecule has 18 heavy (non-hydrogen) atoms. The summed E-state index contributed by atoms with van der Waals surface area (Å²) in [6.07, 6.45) is 3.53. The number of hydrogen-bond acceptors (Lipinski definition) is 4. The summed E-state index contributed by atoms with van der Waals surface area (Å²) in [7, 11) is 3.10. The molecule has 0 aliphatic heterocycles. The highest BCUT2D eigenvalue weighted by molar-refractivity contribution is 5.97. The van der Waals surface area contributed by atoms with Crippen LogP contribution in [-0.4, -0.2) is 30.0 Å². The molecular formula is C13H14N2O3. The molecule has 0 spiro atoms. The summed E-state index contributed by atoms with van der Waals surface area (Å²) >= 11 is 0. The Morgan fingerprint density at radius 2 is 1.89 bits per heavy atom. The minimum atomic E-state index is -0.0397. The van der Waals surface area contributed by atoms with Crippen LogP contribution < -0.4 is 9.47 Å². The number of aromatic amines is 1. The number of imidazole rings is 1. The van der Waals surface area contributed by atoms with E-state index < -0.39 is 0 Å². The Kier molecular flexibility index (Phi) is 3.62. The molecule has 1 N–H and O–H groups in total. The number of hydrogen-bond donors (Lipinski definition) is 1. The number of Topliss-reactive ketones (excluding diaryl/α,β-unsaturated/α-hetero) is 1. The number of ether oxygens (including phenoxy) is 2. The van der Waals surface area contributed by atoms with Gasteiger partial charge in [-0.25, -0.2) is 4.98 Å². The number of aromatic nitrogens is 2. The van der Waals surface area contributed by atoms with Crippen molar-refractivity contribution in [2.45, 2.75) is 6.42 Å². The first-order valence-electron chi connectivity index (χ1n) is 5.47. The van der Waals surface area contributed by atoms with Crippen LogP contribution in [0.15, 0.2) is 30.6 Å². The number of methoxy groups -OCH3 is 2. The van der Waals surface area contributed by atoms with Gasteiger partial charge in [-0.05, 0) is 12.1 Å². The number of H-pyrrole nitrogens is 1. The van der Waals surface area contributed by atoms with Crippen molar-refractivity contribution in [3.8, 4) is 11.5 Å². The molecule has 0 saturated carbocycles. The fourth-order valence-electron chi connectivity index (χ4n) is 1.62. The van der Waals surface area contributed by atoms with Crippen LogP contribution in [0, 0.1) is 0 Å². The van der Waals surface area contributed by atoms with Gasteiger partial charge >= 0.3 is 0 Å². The summed E-state index contributed by atoms with van der Waals surface area (Å²) in [6.45, 7) is 0. The van der Waals surface area contributed by atoms with Gasteiger partial charge in [0.25, 0.3) is 0 Å². The molecule has 5 nitrogen and oxygen atoms in total. The molecule has 1 aromatic heterocycles. The summed E-state index contributed by atoms with van der Waals surface area (Å²) in [5, 5.41) is 0. The van der Waals surface area contributed by atoms with E-state index >= 15 is 0 Å². The van der Waals surface area contributed by atoms with Crippen LogP contribution in [0.3, 0.4) is 0 Å². The predicted molar refractivity (Wildman–Crippen MR) is 66.2 cm³/mol. The topological polar surface area (TPSA) is 64.2 Å². The maximum Gasteiger partial charge on any atom is 0.170 e. The van der Waals surface area contributed by atoms with Crippen molar-refractivity contribution in [3.05, 3.63) is 42.0 Å². The van der Waals surface area contributed by atoms with Crippen molar-refractivity contribution in [1.82, 2.24) is 9.97 Å². The van der Waals surface area contributed by atoms with Crippen molar-refractivity contribution in [2.24, 2.45) is 0 Å². The first-order valence-corrected chi connectivity index (χ1v) is 5.47. The summed E-state index contributed by atoms with van der Waals surface area (Å²) < 4.78 is 10.3. The van der Waals surface area contributed by atoms with Gasteiger partial charge in [0, 0.05) is 24.0 Å². The Morgan fingerprint density at radius 1 is 1.22 bits per heavy atom. The third kappa shape index (κ3) is 2.68. The average molecular weight is 246 g/mol. The minimum Gasteiger partial charge on any atom is -0.497 e. The number of nitrogens with one attached hydrogen (secondary N) is 1. The molecule has 0 fully saturated rings. The number of rotatable bonds is 5. The third-order valence-electron chi connectivity index (χ3n) is 2.56. The van der Waals surface area contributed by atoms with Crippen LogP contribution in [-0.2, 0) is 6.42 Å². The third-order valence-corrected chi connectivity index (χ3v) is 2.56. The van der Waals surface area contributed by atoms with E-state index in [9.17, 15) is 4.79 Å². The van der Waals surface area contributed by atoms with Gasteiger partial charge in [-0.15, -0.1) is 0 Å². The van der Waals surface area contributed by atoms with E-state index in [1.807, 2.05) is 0 Å². The van der Waals surface area contributed by atoms with Crippen molar-refractivity contribution in [3.63, 3.8) is 0 Å². The monoisotopic (exact) mass is 246 g/mol. The van der Waals surface area contributed by atoms with E-state index in [1.165, 1.54) is 0 Å². The lowest BCUT2D eigenvalue weighted by atomic mass is 10.1. The predicted octanol–water partition coefficient (Wildman–Crippen LogP) is 1.85. The van der Waals surface area contributed by atoms with E-state index in [0.717, 1.165) is 0 Å². The summed E-state index contributed by atoms with van der Waals surface area (Å²) in [4.78, 5) is 19.0. The van der Waals surface area contributed by atoms with E-state index in [2.05, 4.69) is 9.97 Å². The molecule has 0 aliphatic rings. The van der Waals surface area contributed by atoms with E-state index in [0.29, 0.717) is 22.9 Å². The summed E-state index contributed by atoms with van der Waals surface area (Å²) in [5.41, 5.74) is 0.544. The number of nitrogens with zero attached hydrogens (tertiary/aromatic N) is 1. The van der Waals surface area contributed by atoms with E-state index in [1.54, 1.807) is 44.8 Å². The first-order chi connectivity index (χ1) is 8.72. The largest absolute Gasteiger partial charge is 0.497 e. The van der Waals surface area contributed by atoms with Gasteiger partial charge in [0.1, 0.15) is 17.3 Å². The van der Waals surface area contributed by atoms with Crippen molar-refractivity contribution < 1.29 is 14.3 Å². The molecule has 0 saturated heterocycles. The van der Waals surface area contributed by atoms with Gasteiger partial charge in [-0.2, -0.15) is 0 Å². The van der Waals surface area contributed by atoms with Gasteiger partial charge in [-0.3, -0.25) is 4.79 Å². The Morgan fingerprint density at radius 3 is 2.39 bits per heavy atom. The Bertz CT molecular complexity index is 513. The zero-order valence-corrected chi connectivity index (χ0v) is 10.3. The molecule has 0 amide bonds. The lowest BCUT2D eigenvalue weighted by Crippen LogP contribution is -2.05. The van der Waals surface area contributed by atoms with Crippen LogP contribution in [0.5, 0.6) is 11.5 Å². The molecule has 2 aromatic rings. The lowest BCUT2D eigenvalue weighted by molar-refractivity contribution is 0.0990. The number of ketones is 1. The van der Waals surface area contributed by atoms with Crippen LogP contribution in [0.25, 0.3) is 0 Å². The second-order valence-electron chi connectivity index (χ2n) is 3.74. The molecule has 1 heterocycles. The fourth-order valence-corrected chi connectivity index (χ4v) is 1.62. The Labute approximate surface area is 105 Å². The summed E-state index contributed by atoms with van der Waals surface area (Å²) in [5.74, 6) is 1.79.